The summed E-state index contributed by atoms with van der Waals surface area (Å²) in [7, 11) is 0. The average molecular weight is 288 g/mol. The van der Waals surface area contributed by atoms with Gasteiger partial charge in [-0.1, -0.05) is 36.4 Å². The van der Waals surface area contributed by atoms with Crippen LogP contribution >= 0.6 is 0 Å². The lowest BCUT2D eigenvalue weighted by atomic mass is 10.1. The lowest BCUT2D eigenvalue weighted by Crippen LogP contribution is -1.96. The second-order valence-corrected chi connectivity index (χ2v) is 5.17. The largest absolute Gasteiger partial charge is 0.478 e. The summed E-state index contributed by atoms with van der Waals surface area (Å²) in [6, 6.07) is 17.5. The third kappa shape index (κ3) is 2.02. The van der Waals surface area contributed by atoms with Crippen molar-refractivity contribution in [1.29, 1.82) is 0 Å². The van der Waals surface area contributed by atoms with Crippen LogP contribution in [0.3, 0.4) is 0 Å². The van der Waals surface area contributed by atoms with Gasteiger partial charge in [-0.3, -0.25) is 0 Å². The van der Waals surface area contributed by atoms with Crippen LogP contribution in [-0.2, 0) is 0 Å². The topological polar surface area (TPSA) is 54.6 Å². The Bertz CT molecular complexity index is 1020. The lowest BCUT2D eigenvalue weighted by molar-refractivity contribution is 0.0697. The first-order chi connectivity index (χ1) is 10.7. The van der Waals surface area contributed by atoms with Gasteiger partial charge in [0.25, 0.3) is 0 Å². The van der Waals surface area contributed by atoms with Gasteiger partial charge in [0, 0.05) is 18.0 Å². The molecule has 0 aliphatic rings. The van der Waals surface area contributed by atoms with E-state index in [9.17, 15) is 4.79 Å². The number of imidazole rings is 1. The number of aromatic nitrogens is 2. The van der Waals surface area contributed by atoms with Gasteiger partial charge in [-0.25, -0.2) is 9.78 Å². The van der Waals surface area contributed by atoms with Gasteiger partial charge in [-0.15, -0.1) is 0 Å². The van der Waals surface area contributed by atoms with E-state index in [1.165, 1.54) is 5.39 Å². The minimum Gasteiger partial charge on any atom is -0.478 e. The first kappa shape index (κ1) is 12.6. The van der Waals surface area contributed by atoms with Crippen molar-refractivity contribution in [3.63, 3.8) is 0 Å². The van der Waals surface area contributed by atoms with E-state index in [2.05, 4.69) is 29.2 Å². The van der Waals surface area contributed by atoms with E-state index >= 15 is 0 Å². The van der Waals surface area contributed by atoms with E-state index in [-0.39, 0.29) is 5.56 Å². The Morgan fingerprint density at radius 2 is 1.82 bits per heavy atom. The summed E-state index contributed by atoms with van der Waals surface area (Å²) in [5.41, 5.74) is 2.71. The quantitative estimate of drug-likeness (QED) is 0.609. The molecule has 0 saturated heterocycles. The molecule has 0 saturated carbocycles. The molecule has 22 heavy (non-hydrogen) atoms. The molecule has 106 valence electrons. The van der Waals surface area contributed by atoms with Crippen LogP contribution in [0.25, 0.3) is 27.7 Å². The van der Waals surface area contributed by atoms with E-state index < -0.39 is 5.97 Å². The molecule has 2 aromatic heterocycles. The highest BCUT2D eigenvalue weighted by Crippen LogP contribution is 2.24. The zero-order valence-corrected chi connectivity index (χ0v) is 11.6. The van der Waals surface area contributed by atoms with Crippen LogP contribution < -0.4 is 0 Å². The molecule has 0 radical (unpaired) electrons. The predicted octanol–water partition coefficient (Wildman–Crippen LogP) is 3.85. The number of fused-ring (bicyclic) bond motifs is 2. The Labute approximate surface area is 126 Å². The van der Waals surface area contributed by atoms with Gasteiger partial charge in [0.1, 0.15) is 5.65 Å². The maximum atomic E-state index is 11.0. The summed E-state index contributed by atoms with van der Waals surface area (Å²) in [4.78, 5) is 15.6. The fourth-order valence-electron chi connectivity index (χ4n) is 2.60. The molecule has 2 aromatic carbocycles. The third-order valence-electron chi connectivity index (χ3n) is 3.75. The highest BCUT2D eigenvalue weighted by molar-refractivity contribution is 5.89. The van der Waals surface area contributed by atoms with Gasteiger partial charge < -0.3 is 9.51 Å². The Kier molecular flexibility index (Phi) is 2.69. The Hall–Kier alpha value is -3.14. The van der Waals surface area contributed by atoms with Crippen LogP contribution in [0.4, 0.5) is 0 Å². The lowest BCUT2D eigenvalue weighted by Gasteiger charge is -2.00. The second kappa shape index (κ2) is 4.70. The number of hydrogen-bond acceptors (Lipinski definition) is 2. The zero-order chi connectivity index (χ0) is 15.1. The molecule has 0 aliphatic heterocycles. The Morgan fingerprint density at radius 1 is 1.00 bits per heavy atom. The van der Waals surface area contributed by atoms with Gasteiger partial charge in [-0.2, -0.15) is 0 Å². The number of carboxylic acids is 1. The number of benzene rings is 2. The SMILES string of the molecule is O=C(O)c1ccn2cc(-c3ccc4ccccc4c3)nc2c1. The maximum Gasteiger partial charge on any atom is 0.335 e. The van der Waals surface area contributed by atoms with Crippen LogP contribution in [-0.4, -0.2) is 20.5 Å². The summed E-state index contributed by atoms with van der Waals surface area (Å²) in [5, 5.41) is 11.4. The molecule has 2 heterocycles. The smallest absolute Gasteiger partial charge is 0.335 e. The van der Waals surface area contributed by atoms with Crippen molar-refractivity contribution in [2.45, 2.75) is 0 Å². The highest BCUT2D eigenvalue weighted by Gasteiger charge is 2.08. The van der Waals surface area contributed by atoms with E-state index in [4.69, 9.17) is 5.11 Å². The highest BCUT2D eigenvalue weighted by atomic mass is 16.4. The van der Waals surface area contributed by atoms with Crippen LogP contribution in [0.5, 0.6) is 0 Å². The Balaban J connectivity index is 1.86. The molecule has 0 amide bonds. The zero-order valence-electron chi connectivity index (χ0n) is 11.6. The molecular weight excluding hydrogens is 276 g/mol. The molecule has 4 aromatic rings. The van der Waals surface area contributed by atoms with Gasteiger partial charge in [0.15, 0.2) is 0 Å². The van der Waals surface area contributed by atoms with Gasteiger partial charge in [-0.05, 0) is 29.0 Å². The summed E-state index contributed by atoms with van der Waals surface area (Å²) in [6.07, 6.45) is 3.63. The molecule has 0 atom stereocenters. The number of nitrogens with zero attached hydrogens (tertiary/aromatic N) is 2. The predicted molar refractivity (Wildman–Crippen MR) is 85.1 cm³/mol. The fourth-order valence-corrected chi connectivity index (χ4v) is 2.60. The average Bonchev–Trinajstić information content (AvgIpc) is 2.97. The minimum atomic E-state index is -0.947. The van der Waals surface area contributed by atoms with E-state index in [0.717, 1.165) is 16.6 Å². The van der Waals surface area contributed by atoms with Gasteiger partial charge in [0.2, 0.25) is 0 Å². The summed E-state index contributed by atoms with van der Waals surface area (Å²) < 4.78 is 1.83. The van der Waals surface area contributed by atoms with Crippen molar-refractivity contribution in [3.8, 4) is 11.3 Å². The number of pyridine rings is 1. The summed E-state index contributed by atoms with van der Waals surface area (Å²) in [5.74, 6) is -0.947. The first-order valence-corrected chi connectivity index (χ1v) is 6.92. The molecule has 0 bridgehead atoms. The van der Waals surface area contributed by atoms with Crippen LogP contribution in [0.2, 0.25) is 0 Å². The monoisotopic (exact) mass is 288 g/mol. The normalized spacial score (nSPS) is 11.1. The molecule has 0 spiro atoms. The van der Waals surface area contributed by atoms with Crippen LogP contribution in [0, 0.1) is 0 Å². The Morgan fingerprint density at radius 3 is 2.64 bits per heavy atom. The number of carbonyl (C=O) groups is 1. The van der Waals surface area contributed by atoms with E-state index in [1.807, 2.05) is 28.8 Å². The third-order valence-corrected chi connectivity index (χ3v) is 3.75. The van der Waals surface area contributed by atoms with Crippen molar-refractivity contribution in [3.05, 3.63) is 72.6 Å². The number of hydrogen-bond donors (Lipinski definition) is 1. The minimum absolute atomic E-state index is 0.239. The molecule has 1 N–H and O–H groups in total. The van der Waals surface area contributed by atoms with E-state index in [1.54, 1.807) is 18.3 Å². The molecular formula is C18H12N2O2. The summed E-state index contributed by atoms with van der Waals surface area (Å²) >= 11 is 0. The van der Waals surface area contributed by atoms with Crippen LogP contribution in [0.1, 0.15) is 10.4 Å². The molecule has 4 rings (SSSR count). The van der Waals surface area contributed by atoms with Crippen molar-refractivity contribution < 1.29 is 9.90 Å². The number of carboxylic acid groups (broad SMARTS) is 1. The van der Waals surface area contributed by atoms with Gasteiger partial charge in [0.05, 0.1) is 11.3 Å². The molecule has 0 unspecified atom stereocenters. The molecule has 4 heteroatoms. The van der Waals surface area contributed by atoms with Crippen LogP contribution in [0.15, 0.2) is 67.0 Å². The van der Waals surface area contributed by atoms with Crippen molar-refractivity contribution in [2.75, 3.05) is 0 Å². The first-order valence-electron chi connectivity index (χ1n) is 6.92. The summed E-state index contributed by atoms with van der Waals surface area (Å²) in [6.45, 7) is 0. The number of rotatable bonds is 2. The number of aromatic carboxylic acids is 1. The fraction of sp³-hybridized carbons (Fsp3) is 0. The van der Waals surface area contributed by atoms with Crippen molar-refractivity contribution in [2.24, 2.45) is 0 Å². The van der Waals surface area contributed by atoms with Gasteiger partial charge >= 0.3 is 5.97 Å². The van der Waals surface area contributed by atoms with E-state index in [0.29, 0.717) is 5.65 Å². The maximum absolute atomic E-state index is 11.0. The molecule has 4 nitrogen and oxygen atoms in total. The molecule has 0 fully saturated rings. The van der Waals surface area contributed by atoms with Crippen molar-refractivity contribution >= 4 is 22.4 Å². The second-order valence-electron chi connectivity index (χ2n) is 5.17. The molecule has 0 aliphatic carbocycles. The van der Waals surface area contributed by atoms with Crippen molar-refractivity contribution in [1.82, 2.24) is 9.38 Å². The standard InChI is InChI=1S/C18H12N2O2/c21-18(22)15-7-8-20-11-16(19-17(20)10-15)14-6-5-12-3-1-2-4-13(12)9-14/h1-11H,(H,21,22).